The first-order chi connectivity index (χ1) is 9.38. The SMILES string of the molecule is CN(Cc1nc(N)nc(N(C)C)n1)CC1(O)CCCC1. The number of likely N-dealkylation sites (N-methyl/N-ethyl adjacent to an activating group) is 1. The van der Waals surface area contributed by atoms with E-state index in [0.29, 0.717) is 24.9 Å². The van der Waals surface area contributed by atoms with Crippen molar-refractivity contribution in [3.05, 3.63) is 5.82 Å². The normalized spacial score (nSPS) is 17.6. The van der Waals surface area contributed by atoms with Crippen LogP contribution in [0.4, 0.5) is 11.9 Å². The van der Waals surface area contributed by atoms with Crippen molar-refractivity contribution in [1.82, 2.24) is 19.9 Å². The second-order valence-corrected chi connectivity index (χ2v) is 5.91. The summed E-state index contributed by atoms with van der Waals surface area (Å²) in [5.74, 6) is 1.41. The summed E-state index contributed by atoms with van der Waals surface area (Å²) in [7, 11) is 5.69. The third-order valence-electron chi connectivity index (χ3n) is 3.60. The van der Waals surface area contributed by atoms with Crippen LogP contribution in [0.25, 0.3) is 0 Å². The largest absolute Gasteiger partial charge is 0.389 e. The molecule has 1 aliphatic rings. The lowest BCUT2D eigenvalue weighted by Crippen LogP contribution is -2.39. The maximum Gasteiger partial charge on any atom is 0.229 e. The van der Waals surface area contributed by atoms with Crippen molar-refractivity contribution in [1.29, 1.82) is 0 Å². The topological polar surface area (TPSA) is 91.4 Å². The molecule has 1 fully saturated rings. The van der Waals surface area contributed by atoms with E-state index in [-0.39, 0.29) is 5.95 Å². The second-order valence-electron chi connectivity index (χ2n) is 5.91. The summed E-state index contributed by atoms with van der Waals surface area (Å²) in [6.45, 7) is 1.19. The van der Waals surface area contributed by atoms with E-state index < -0.39 is 5.60 Å². The van der Waals surface area contributed by atoms with Crippen LogP contribution in [0, 0.1) is 0 Å². The standard InChI is InChI=1S/C13H24N6O/c1-18(2)12-16-10(15-11(14)17-12)8-19(3)9-13(20)6-4-5-7-13/h20H,4-9H2,1-3H3,(H2,14,15,16,17). The van der Waals surface area contributed by atoms with Crippen molar-refractivity contribution < 1.29 is 5.11 Å². The molecule has 112 valence electrons. The molecular weight excluding hydrogens is 256 g/mol. The van der Waals surface area contributed by atoms with Gasteiger partial charge >= 0.3 is 0 Å². The summed E-state index contributed by atoms with van der Waals surface area (Å²) in [6.07, 6.45) is 3.96. The summed E-state index contributed by atoms with van der Waals surface area (Å²) in [4.78, 5) is 16.4. The lowest BCUT2D eigenvalue weighted by molar-refractivity contribution is 0.0140. The number of hydrogen-bond donors (Lipinski definition) is 2. The quantitative estimate of drug-likeness (QED) is 0.799. The fraction of sp³-hybridized carbons (Fsp3) is 0.769. The Morgan fingerprint density at radius 2 is 1.80 bits per heavy atom. The first-order valence-corrected chi connectivity index (χ1v) is 6.97. The van der Waals surface area contributed by atoms with E-state index in [0.717, 1.165) is 25.7 Å². The molecule has 2 rings (SSSR count). The molecule has 0 saturated heterocycles. The average molecular weight is 280 g/mol. The Morgan fingerprint density at radius 1 is 1.15 bits per heavy atom. The van der Waals surface area contributed by atoms with Crippen molar-refractivity contribution in [2.24, 2.45) is 0 Å². The Balaban J connectivity index is 2.02. The van der Waals surface area contributed by atoms with Gasteiger partial charge in [0.25, 0.3) is 0 Å². The van der Waals surface area contributed by atoms with Crippen molar-refractivity contribution >= 4 is 11.9 Å². The van der Waals surface area contributed by atoms with E-state index in [9.17, 15) is 5.11 Å². The van der Waals surface area contributed by atoms with Gasteiger partial charge in [0, 0.05) is 20.6 Å². The summed E-state index contributed by atoms with van der Waals surface area (Å²) in [5, 5.41) is 10.4. The number of aromatic nitrogens is 3. The Labute approximate surface area is 119 Å². The van der Waals surface area contributed by atoms with Crippen LogP contribution in [0.15, 0.2) is 0 Å². The average Bonchev–Trinajstić information content (AvgIpc) is 2.74. The Kier molecular flexibility index (Phi) is 4.39. The van der Waals surface area contributed by atoms with Crippen LogP contribution in [-0.2, 0) is 6.54 Å². The smallest absolute Gasteiger partial charge is 0.229 e. The highest BCUT2D eigenvalue weighted by Gasteiger charge is 2.32. The van der Waals surface area contributed by atoms with Gasteiger partial charge in [-0.3, -0.25) is 4.90 Å². The minimum Gasteiger partial charge on any atom is -0.389 e. The summed E-state index contributed by atoms with van der Waals surface area (Å²) >= 11 is 0. The number of nitrogens with zero attached hydrogens (tertiary/aromatic N) is 5. The van der Waals surface area contributed by atoms with Crippen LogP contribution < -0.4 is 10.6 Å². The Morgan fingerprint density at radius 3 is 2.40 bits per heavy atom. The van der Waals surface area contributed by atoms with Gasteiger partial charge in [0.2, 0.25) is 11.9 Å². The fourth-order valence-corrected chi connectivity index (χ4v) is 2.69. The predicted octanol–water partition coefficient (Wildman–Crippen LogP) is 0.257. The lowest BCUT2D eigenvalue weighted by Gasteiger charge is -2.28. The second kappa shape index (κ2) is 5.88. The third kappa shape index (κ3) is 3.77. The van der Waals surface area contributed by atoms with Crippen molar-refractivity contribution in [3.63, 3.8) is 0 Å². The van der Waals surface area contributed by atoms with Crippen LogP contribution in [0.3, 0.4) is 0 Å². The molecule has 0 amide bonds. The highest BCUT2D eigenvalue weighted by atomic mass is 16.3. The van der Waals surface area contributed by atoms with Gasteiger partial charge in [0.1, 0.15) is 5.82 Å². The van der Waals surface area contributed by atoms with E-state index >= 15 is 0 Å². The first-order valence-electron chi connectivity index (χ1n) is 6.97. The summed E-state index contributed by atoms with van der Waals surface area (Å²) < 4.78 is 0. The van der Waals surface area contributed by atoms with Gasteiger partial charge in [0.05, 0.1) is 12.1 Å². The minimum atomic E-state index is -0.558. The molecule has 1 heterocycles. The first kappa shape index (κ1) is 14.9. The highest BCUT2D eigenvalue weighted by Crippen LogP contribution is 2.30. The summed E-state index contributed by atoms with van der Waals surface area (Å²) in [6, 6.07) is 0. The summed E-state index contributed by atoms with van der Waals surface area (Å²) in [5.41, 5.74) is 5.15. The van der Waals surface area contributed by atoms with Gasteiger partial charge in [0.15, 0.2) is 0 Å². The van der Waals surface area contributed by atoms with Gasteiger partial charge < -0.3 is 15.7 Å². The predicted molar refractivity (Wildman–Crippen MR) is 78.3 cm³/mol. The molecule has 7 heteroatoms. The molecule has 0 spiro atoms. The van der Waals surface area contributed by atoms with Crippen LogP contribution in [-0.4, -0.2) is 58.2 Å². The van der Waals surface area contributed by atoms with Gasteiger partial charge in [-0.2, -0.15) is 15.0 Å². The number of nitrogen functional groups attached to an aromatic ring is 1. The van der Waals surface area contributed by atoms with Gasteiger partial charge in [-0.25, -0.2) is 0 Å². The number of rotatable bonds is 5. The van der Waals surface area contributed by atoms with Crippen molar-refractivity contribution in [3.8, 4) is 0 Å². The molecule has 0 aromatic carbocycles. The van der Waals surface area contributed by atoms with Gasteiger partial charge in [-0.1, -0.05) is 12.8 Å². The van der Waals surface area contributed by atoms with Crippen LogP contribution in [0.5, 0.6) is 0 Å². The molecule has 0 bridgehead atoms. The highest BCUT2D eigenvalue weighted by molar-refractivity contribution is 5.32. The molecule has 0 atom stereocenters. The maximum atomic E-state index is 10.4. The molecule has 1 aromatic rings. The van der Waals surface area contributed by atoms with Crippen LogP contribution >= 0.6 is 0 Å². The molecule has 0 unspecified atom stereocenters. The van der Waals surface area contributed by atoms with Gasteiger partial charge in [-0.15, -0.1) is 0 Å². The minimum absolute atomic E-state index is 0.228. The zero-order chi connectivity index (χ0) is 14.8. The van der Waals surface area contributed by atoms with E-state index in [1.54, 1.807) is 4.90 Å². The Hall–Kier alpha value is -1.47. The monoisotopic (exact) mass is 280 g/mol. The maximum absolute atomic E-state index is 10.4. The van der Waals surface area contributed by atoms with Crippen LogP contribution in [0.1, 0.15) is 31.5 Å². The molecule has 20 heavy (non-hydrogen) atoms. The fourth-order valence-electron chi connectivity index (χ4n) is 2.69. The number of nitrogens with two attached hydrogens (primary N) is 1. The molecule has 0 radical (unpaired) electrons. The lowest BCUT2D eigenvalue weighted by atomic mass is 10.0. The van der Waals surface area contributed by atoms with E-state index in [1.807, 2.05) is 26.0 Å². The zero-order valence-corrected chi connectivity index (χ0v) is 12.5. The number of hydrogen-bond acceptors (Lipinski definition) is 7. The Bertz CT molecular complexity index is 458. The van der Waals surface area contributed by atoms with Crippen molar-refractivity contribution in [2.75, 3.05) is 38.3 Å². The molecule has 3 N–H and O–H groups in total. The van der Waals surface area contributed by atoms with E-state index in [2.05, 4.69) is 15.0 Å². The van der Waals surface area contributed by atoms with E-state index in [4.69, 9.17) is 5.73 Å². The number of anilines is 2. The molecular formula is C13H24N6O. The molecule has 1 saturated carbocycles. The third-order valence-corrected chi connectivity index (χ3v) is 3.60. The molecule has 0 aliphatic heterocycles. The molecule has 1 aromatic heterocycles. The van der Waals surface area contributed by atoms with Gasteiger partial charge in [-0.05, 0) is 19.9 Å². The van der Waals surface area contributed by atoms with E-state index in [1.165, 1.54) is 0 Å². The van der Waals surface area contributed by atoms with Crippen molar-refractivity contribution in [2.45, 2.75) is 37.8 Å². The molecule has 7 nitrogen and oxygen atoms in total. The number of aliphatic hydroxyl groups is 1. The van der Waals surface area contributed by atoms with Crippen LogP contribution in [0.2, 0.25) is 0 Å². The zero-order valence-electron chi connectivity index (χ0n) is 12.5. The molecule has 1 aliphatic carbocycles.